The summed E-state index contributed by atoms with van der Waals surface area (Å²) in [6.45, 7) is 3.50. The third-order valence-electron chi connectivity index (χ3n) is 6.91. The zero-order valence-corrected chi connectivity index (χ0v) is 27.6. The monoisotopic (exact) mass is 715 g/mol. The number of carboxylic acid groups (broad SMARTS) is 1. The minimum Gasteiger partial charge on any atom is -0.489 e. The minimum atomic E-state index is -5.04. The molecule has 2 aromatic heterocycles. The van der Waals surface area contributed by atoms with Crippen LogP contribution >= 0.6 is 22.9 Å². The molecule has 4 rings (SSSR count). The van der Waals surface area contributed by atoms with Gasteiger partial charge in [-0.3, -0.25) is 14.1 Å². The number of oxime groups is 1. The van der Waals surface area contributed by atoms with Crippen molar-refractivity contribution in [3.05, 3.63) is 46.7 Å². The van der Waals surface area contributed by atoms with E-state index in [1.165, 1.54) is 13.8 Å². The molecule has 1 aromatic carbocycles. The summed E-state index contributed by atoms with van der Waals surface area (Å²) >= 11 is 6.97. The van der Waals surface area contributed by atoms with Crippen LogP contribution in [0.25, 0.3) is 11.1 Å². The van der Waals surface area contributed by atoms with E-state index in [0.717, 1.165) is 35.4 Å². The number of hydroxylamine groups is 2. The van der Waals surface area contributed by atoms with Crippen molar-refractivity contribution in [2.45, 2.75) is 44.5 Å². The third-order valence-corrected chi connectivity index (χ3v) is 8.33. The number of carboxylic acids is 1. The number of halogens is 1. The van der Waals surface area contributed by atoms with Gasteiger partial charge in [0.05, 0.1) is 23.8 Å². The number of amides is 2. The number of hydrogen-bond acceptors (Lipinski definition) is 13. The predicted molar refractivity (Wildman–Crippen MR) is 166 cm³/mol. The number of β-lactam (4-membered cyclic amide) rings is 1. The molecule has 2 atom stereocenters. The van der Waals surface area contributed by atoms with Gasteiger partial charge in [0, 0.05) is 0 Å². The Hall–Kier alpha value is -4.34. The molecule has 0 radical (unpaired) electrons. The fraction of sp³-hybridized carbons (Fsp3) is 0.385. The van der Waals surface area contributed by atoms with E-state index in [1.54, 1.807) is 24.3 Å². The number of carbonyl (C=O) groups is 3. The molecule has 0 aliphatic carbocycles. The number of aromatic nitrogens is 3. The molecule has 1 aliphatic heterocycles. The molecule has 1 fully saturated rings. The van der Waals surface area contributed by atoms with E-state index >= 15 is 0 Å². The van der Waals surface area contributed by atoms with Crippen molar-refractivity contribution in [3.8, 4) is 16.9 Å². The van der Waals surface area contributed by atoms with Gasteiger partial charge in [0.25, 0.3) is 17.9 Å². The number of hydrogen-bond donors (Lipinski definition) is 5. The molecule has 0 spiro atoms. The van der Waals surface area contributed by atoms with Crippen molar-refractivity contribution >= 4 is 62.0 Å². The van der Waals surface area contributed by atoms with Crippen LogP contribution < -0.4 is 26.2 Å². The summed E-state index contributed by atoms with van der Waals surface area (Å²) in [5.41, 5.74) is 10.8. The van der Waals surface area contributed by atoms with Gasteiger partial charge in [-0.2, -0.15) is 18.2 Å². The summed E-state index contributed by atoms with van der Waals surface area (Å²) in [6, 6.07) is 5.53. The van der Waals surface area contributed by atoms with Crippen molar-refractivity contribution < 1.29 is 51.0 Å². The van der Waals surface area contributed by atoms with Gasteiger partial charge in [-0.05, 0) is 44.5 Å². The van der Waals surface area contributed by atoms with Gasteiger partial charge in [-0.1, -0.05) is 40.2 Å². The number of nitrogen functional groups attached to an aromatic ring is 1. The van der Waals surface area contributed by atoms with Crippen LogP contribution in [0.4, 0.5) is 5.13 Å². The van der Waals surface area contributed by atoms with Gasteiger partial charge in [0.2, 0.25) is 6.20 Å². The molecule has 47 heavy (non-hydrogen) atoms. The maximum absolute atomic E-state index is 13.3. The SMILES string of the molecule is C[n+]1cc(-c2ccc(OC[C@H](O/N=C(\C(=O)N[C@@H]3C(=O)N(OS(=O)(=O)O)C3(C)C)c3nc(N)sc3Cl)C(=O)O)cc2)cn1CCCN. The fourth-order valence-electron chi connectivity index (χ4n) is 4.44. The van der Waals surface area contributed by atoms with Crippen LogP contribution in [0, 0.1) is 0 Å². The Morgan fingerprint density at radius 2 is 1.96 bits per heavy atom. The Morgan fingerprint density at radius 3 is 2.51 bits per heavy atom. The third kappa shape index (κ3) is 8.34. The maximum Gasteiger partial charge on any atom is 0.418 e. The first kappa shape index (κ1) is 35.5. The van der Waals surface area contributed by atoms with Gasteiger partial charge in [-0.25, -0.2) is 9.78 Å². The number of nitrogens with one attached hydrogen (secondary N) is 1. The molecule has 1 saturated heterocycles. The van der Waals surface area contributed by atoms with Crippen LogP contribution in [0.3, 0.4) is 0 Å². The lowest BCUT2D eigenvalue weighted by Gasteiger charge is -2.50. The highest BCUT2D eigenvalue weighted by Crippen LogP contribution is 2.33. The summed E-state index contributed by atoms with van der Waals surface area (Å²) in [6.07, 6.45) is 3.05. The lowest BCUT2D eigenvalue weighted by molar-refractivity contribution is -0.753. The first-order chi connectivity index (χ1) is 22.0. The number of nitrogens with two attached hydrogens (primary N) is 2. The number of carbonyl (C=O) groups excluding carboxylic acids is 2. The maximum atomic E-state index is 13.3. The number of benzene rings is 1. The van der Waals surface area contributed by atoms with E-state index in [4.69, 9.17) is 37.2 Å². The Bertz CT molecular complexity index is 1790. The highest BCUT2D eigenvalue weighted by molar-refractivity contribution is 7.80. The van der Waals surface area contributed by atoms with Crippen molar-refractivity contribution in [2.24, 2.45) is 17.9 Å². The molecule has 18 nitrogen and oxygen atoms in total. The Kier molecular flexibility index (Phi) is 10.7. The second kappa shape index (κ2) is 14.2. The van der Waals surface area contributed by atoms with Crippen LogP contribution in [-0.2, 0) is 47.5 Å². The zero-order chi connectivity index (χ0) is 34.7. The highest BCUT2D eigenvalue weighted by atomic mass is 35.5. The quantitative estimate of drug-likeness (QED) is 0.0461. The number of nitrogens with zero attached hydrogens (tertiary/aromatic N) is 5. The molecule has 0 unspecified atom stereocenters. The number of rotatable bonds is 15. The number of ether oxygens (including phenoxy) is 1. The fourth-order valence-corrected chi connectivity index (χ4v) is 5.82. The van der Waals surface area contributed by atoms with Gasteiger partial charge < -0.3 is 31.5 Å². The molecule has 254 valence electrons. The largest absolute Gasteiger partial charge is 0.489 e. The first-order valence-electron chi connectivity index (χ1n) is 13.7. The Morgan fingerprint density at radius 1 is 1.28 bits per heavy atom. The van der Waals surface area contributed by atoms with E-state index in [-0.39, 0.29) is 15.2 Å². The molecule has 21 heteroatoms. The highest BCUT2D eigenvalue weighted by Gasteiger charge is 2.58. The number of thiazole rings is 1. The van der Waals surface area contributed by atoms with Gasteiger partial charge in [0.15, 0.2) is 17.9 Å². The van der Waals surface area contributed by atoms with Crippen molar-refractivity contribution in [1.29, 1.82) is 0 Å². The smallest absolute Gasteiger partial charge is 0.418 e. The summed E-state index contributed by atoms with van der Waals surface area (Å²) < 4.78 is 44.9. The Labute approximate surface area is 277 Å². The molecule has 1 aliphatic rings. The first-order valence-corrected chi connectivity index (χ1v) is 16.3. The van der Waals surface area contributed by atoms with Crippen LogP contribution in [0.5, 0.6) is 5.75 Å². The normalized spacial score (nSPS) is 16.8. The number of anilines is 1. The lowest BCUT2D eigenvalue weighted by Crippen LogP contribution is -2.76. The average Bonchev–Trinajstić information content (AvgIpc) is 3.54. The second-order valence-electron chi connectivity index (χ2n) is 10.7. The summed E-state index contributed by atoms with van der Waals surface area (Å²) in [5.74, 6) is -3.27. The molecule has 2 amide bonds. The van der Waals surface area contributed by atoms with Crippen molar-refractivity contribution in [1.82, 2.24) is 20.0 Å². The number of aryl methyl sites for hydroxylation is 2. The van der Waals surface area contributed by atoms with E-state index in [0.29, 0.717) is 17.4 Å². The minimum absolute atomic E-state index is 0.0549. The van der Waals surface area contributed by atoms with Crippen molar-refractivity contribution in [2.75, 3.05) is 18.9 Å². The summed E-state index contributed by atoms with van der Waals surface area (Å²) in [5, 5.41) is 16.1. The molecule has 0 saturated carbocycles. The zero-order valence-electron chi connectivity index (χ0n) is 25.2. The lowest BCUT2D eigenvalue weighted by atomic mass is 9.84. The van der Waals surface area contributed by atoms with E-state index < -0.39 is 58.2 Å². The molecular formula is C26H32ClN8O10S2+. The number of aliphatic carboxylic acids is 1. The van der Waals surface area contributed by atoms with Gasteiger partial charge >= 0.3 is 16.4 Å². The second-order valence-corrected chi connectivity index (χ2v) is 13.3. The van der Waals surface area contributed by atoms with Crippen LogP contribution in [0.15, 0.2) is 41.8 Å². The van der Waals surface area contributed by atoms with Crippen molar-refractivity contribution in [3.63, 3.8) is 0 Å². The molecular weight excluding hydrogens is 684 g/mol. The van der Waals surface area contributed by atoms with E-state index in [2.05, 4.69) is 19.7 Å². The topological polar surface area (TPSA) is 255 Å². The van der Waals surface area contributed by atoms with Gasteiger partial charge in [0.1, 0.15) is 28.4 Å². The summed E-state index contributed by atoms with van der Waals surface area (Å²) in [7, 11) is -3.12. The van der Waals surface area contributed by atoms with E-state index in [1.807, 2.05) is 28.8 Å². The molecule has 0 bridgehead atoms. The molecule has 7 N–H and O–H groups in total. The molecule has 3 heterocycles. The average molecular weight is 716 g/mol. The Balaban J connectivity index is 1.47. The summed E-state index contributed by atoms with van der Waals surface area (Å²) in [4.78, 5) is 47.0. The van der Waals surface area contributed by atoms with E-state index in [9.17, 15) is 27.9 Å². The van der Waals surface area contributed by atoms with Crippen LogP contribution in [0.1, 0.15) is 26.0 Å². The van der Waals surface area contributed by atoms with Crippen LogP contribution in [0.2, 0.25) is 4.34 Å². The molecule has 3 aromatic rings. The van der Waals surface area contributed by atoms with Gasteiger partial charge in [-0.15, -0.1) is 8.97 Å². The standard InChI is InChI=1S/C26H31ClN8O10S2/c1-26(2)20(23(37)35(26)45-47(40,41)42)31-22(36)19(18-21(27)46-25(29)30-18)32-44-17(24(38)39)13-43-16-7-5-14(6-8-16)15-11-33(3)34(12-15)10-4-9-28/h5-8,11-12,17,20H,4,9-10,13,28H2,1-3H3,(H4-,29,30,31,36,38,39,40,41,42)/p+1/b32-19-/t17-,20+/m0/s1. The predicted octanol–water partition coefficient (Wildman–Crippen LogP) is 0.113. The van der Waals surface area contributed by atoms with Crippen LogP contribution in [-0.4, -0.2) is 87.1 Å².